The zero-order valence-corrected chi connectivity index (χ0v) is 17.4. The van der Waals surface area contributed by atoms with Gasteiger partial charge in [-0.1, -0.05) is 23.2 Å². The number of halogens is 2. The molecule has 0 bridgehead atoms. The maximum atomic E-state index is 6.44. The molecule has 0 saturated carbocycles. The molecular formula is C20H17Cl2N5O2. The largest absolute Gasteiger partial charge is 0.495 e. The first-order valence-electron chi connectivity index (χ1n) is 8.63. The van der Waals surface area contributed by atoms with Crippen molar-refractivity contribution in [3.8, 4) is 22.6 Å². The molecule has 7 nitrogen and oxygen atoms in total. The lowest BCUT2D eigenvalue weighted by molar-refractivity contribution is 0.395. The zero-order chi connectivity index (χ0) is 20.5. The van der Waals surface area contributed by atoms with Gasteiger partial charge < -0.3 is 14.8 Å². The number of aromatic nitrogens is 4. The summed E-state index contributed by atoms with van der Waals surface area (Å²) in [6, 6.07) is 7.27. The zero-order valence-electron chi connectivity index (χ0n) is 15.9. The summed E-state index contributed by atoms with van der Waals surface area (Å²) in [6.45, 7) is 0. The van der Waals surface area contributed by atoms with Gasteiger partial charge in [0.05, 0.1) is 37.1 Å². The van der Waals surface area contributed by atoms with Crippen molar-refractivity contribution in [1.29, 1.82) is 0 Å². The molecule has 0 unspecified atom stereocenters. The van der Waals surface area contributed by atoms with Crippen LogP contribution in [0, 0.1) is 0 Å². The summed E-state index contributed by atoms with van der Waals surface area (Å²) in [5.74, 6) is 1.44. The van der Waals surface area contributed by atoms with Gasteiger partial charge in [-0.05, 0) is 18.2 Å². The highest BCUT2D eigenvalue weighted by atomic mass is 35.5. The lowest BCUT2D eigenvalue weighted by Crippen LogP contribution is -1.99. The van der Waals surface area contributed by atoms with Gasteiger partial charge in [0.1, 0.15) is 27.4 Å². The van der Waals surface area contributed by atoms with Gasteiger partial charge in [0.25, 0.3) is 0 Å². The highest BCUT2D eigenvalue weighted by molar-refractivity contribution is 6.41. The molecule has 9 heteroatoms. The van der Waals surface area contributed by atoms with Crippen LogP contribution in [-0.2, 0) is 7.05 Å². The van der Waals surface area contributed by atoms with Crippen LogP contribution in [0.2, 0.25) is 10.0 Å². The summed E-state index contributed by atoms with van der Waals surface area (Å²) in [5, 5.41) is 8.04. The summed E-state index contributed by atoms with van der Waals surface area (Å²) < 4.78 is 12.4. The van der Waals surface area contributed by atoms with Crippen molar-refractivity contribution >= 4 is 45.7 Å². The fourth-order valence-electron chi connectivity index (χ4n) is 2.93. The van der Waals surface area contributed by atoms with Gasteiger partial charge >= 0.3 is 0 Å². The second-order valence-electron chi connectivity index (χ2n) is 6.27. The predicted molar refractivity (Wildman–Crippen MR) is 115 cm³/mol. The number of methoxy groups -OCH3 is 2. The second-order valence-corrected chi connectivity index (χ2v) is 7.03. The van der Waals surface area contributed by atoms with Crippen LogP contribution in [-0.4, -0.2) is 34.0 Å². The maximum Gasteiger partial charge on any atom is 0.143 e. The molecule has 0 aliphatic heterocycles. The van der Waals surface area contributed by atoms with Gasteiger partial charge in [-0.3, -0.25) is 9.67 Å². The van der Waals surface area contributed by atoms with Crippen LogP contribution >= 0.6 is 23.2 Å². The van der Waals surface area contributed by atoms with Crippen molar-refractivity contribution in [2.45, 2.75) is 0 Å². The van der Waals surface area contributed by atoms with Gasteiger partial charge in [0.15, 0.2) is 0 Å². The van der Waals surface area contributed by atoms with E-state index in [9.17, 15) is 0 Å². The number of ether oxygens (including phenoxy) is 2. The second kappa shape index (κ2) is 7.77. The van der Waals surface area contributed by atoms with Crippen LogP contribution in [0.15, 0.2) is 42.9 Å². The maximum absolute atomic E-state index is 6.44. The van der Waals surface area contributed by atoms with Crippen LogP contribution in [0.5, 0.6) is 11.5 Å². The first-order valence-corrected chi connectivity index (χ1v) is 9.38. The smallest absolute Gasteiger partial charge is 0.143 e. The molecule has 3 aromatic heterocycles. The van der Waals surface area contributed by atoms with Gasteiger partial charge in [0, 0.05) is 36.6 Å². The van der Waals surface area contributed by atoms with E-state index < -0.39 is 0 Å². The van der Waals surface area contributed by atoms with Crippen LogP contribution in [0.1, 0.15) is 0 Å². The van der Waals surface area contributed by atoms with Crippen molar-refractivity contribution in [2.75, 3.05) is 19.5 Å². The molecule has 1 aromatic carbocycles. The average molecular weight is 430 g/mol. The minimum absolute atomic E-state index is 0.336. The molecule has 29 heavy (non-hydrogen) atoms. The standard InChI is InChI=1S/C20H17Cl2N5O2/c1-27-10-12(9-24-27)11-6-14-13(23-8-11)4-5-17(25-14)26-20-18(21)15(28-2)7-16(29-3)19(20)22/h4-10H,1-3H3,(H,25,26). The highest BCUT2D eigenvalue weighted by Crippen LogP contribution is 2.45. The molecule has 0 atom stereocenters. The number of aryl methyl sites for hydroxylation is 1. The van der Waals surface area contributed by atoms with Gasteiger partial charge in [0.2, 0.25) is 0 Å². The Kier molecular flexibility index (Phi) is 5.17. The van der Waals surface area contributed by atoms with Crippen molar-refractivity contribution < 1.29 is 9.47 Å². The molecule has 0 saturated heterocycles. The first kappa shape index (κ1) is 19.3. The SMILES string of the molecule is COc1cc(OC)c(Cl)c(Nc2ccc3ncc(-c4cnn(C)c4)cc3n2)c1Cl. The number of nitrogens with one attached hydrogen (secondary N) is 1. The molecule has 0 amide bonds. The van der Waals surface area contributed by atoms with Crippen LogP contribution in [0.4, 0.5) is 11.5 Å². The fraction of sp³-hybridized carbons (Fsp3) is 0.150. The normalized spacial score (nSPS) is 10.9. The van der Waals surface area contributed by atoms with Crippen molar-refractivity contribution in [3.05, 3.63) is 52.9 Å². The van der Waals surface area contributed by atoms with E-state index >= 15 is 0 Å². The van der Waals surface area contributed by atoms with Gasteiger partial charge in [-0.25, -0.2) is 4.98 Å². The van der Waals surface area contributed by atoms with E-state index in [0.29, 0.717) is 33.0 Å². The summed E-state index contributed by atoms with van der Waals surface area (Å²) in [4.78, 5) is 9.14. The van der Waals surface area contributed by atoms with Crippen molar-refractivity contribution in [3.63, 3.8) is 0 Å². The number of rotatable bonds is 5. The average Bonchev–Trinajstić information content (AvgIpc) is 3.17. The molecule has 0 fully saturated rings. The molecule has 0 spiro atoms. The molecule has 4 rings (SSSR count). The van der Waals surface area contributed by atoms with Gasteiger partial charge in [-0.15, -0.1) is 0 Å². The Morgan fingerprint density at radius 2 is 1.66 bits per heavy atom. The number of fused-ring (bicyclic) bond motifs is 1. The minimum Gasteiger partial charge on any atom is -0.495 e. The molecule has 3 heterocycles. The third kappa shape index (κ3) is 3.66. The Labute approximate surface area is 177 Å². The lowest BCUT2D eigenvalue weighted by atomic mass is 10.1. The molecule has 4 aromatic rings. The van der Waals surface area contributed by atoms with E-state index in [1.165, 1.54) is 14.2 Å². The number of pyridine rings is 2. The lowest BCUT2D eigenvalue weighted by Gasteiger charge is -2.15. The summed E-state index contributed by atoms with van der Waals surface area (Å²) in [5.41, 5.74) is 3.83. The minimum atomic E-state index is 0.336. The van der Waals surface area contributed by atoms with Crippen LogP contribution < -0.4 is 14.8 Å². The molecule has 0 aliphatic carbocycles. The van der Waals surface area contributed by atoms with Crippen molar-refractivity contribution in [2.24, 2.45) is 7.05 Å². The van der Waals surface area contributed by atoms with Crippen molar-refractivity contribution in [1.82, 2.24) is 19.7 Å². The number of anilines is 2. The number of benzene rings is 1. The van der Waals surface area contributed by atoms with E-state index in [-0.39, 0.29) is 0 Å². The Morgan fingerprint density at radius 1 is 0.931 bits per heavy atom. The first-order chi connectivity index (χ1) is 14.0. The van der Waals surface area contributed by atoms with Gasteiger partial charge in [-0.2, -0.15) is 5.10 Å². The molecule has 148 valence electrons. The molecular weight excluding hydrogens is 413 g/mol. The van der Waals surface area contributed by atoms with Crippen LogP contribution in [0.25, 0.3) is 22.2 Å². The monoisotopic (exact) mass is 429 g/mol. The highest BCUT2D eigenvalue weighted by Gasteiger charge is 2.18. The third-order valence-corrected chi connectivity index (χ3v) is 5.15. The summed E-state index contributed by atoms with van der Waals surface area (Å²) in [7, 11) is 4.92. The van der Waals surface area contributed by atoms with E-state index in [0.717, 1.165) is 22.2 Å². The van der Waals surface area contributed by atoms with E-state index in [1.54, 1.807) is 29.2 Å². The fourth-order valence-corrected chi connectivity index (χ4v) is 3.52. The summed E-state index contributed by atoms with van der Waals surface area (Å²) >= 11 is 12.9. The number of nitrogens with zero attached hydrogens (tertiary/aromatic N) is 4. The predicted octanol–water partition coefficient (Wildman–Crippen LogP) is 5.10. The Morgan fingerprint density at radius 3 is 2.28 bits per heavy atom. The quantitative estimate of drug-likeness (QED) is 0.475. The molecule has 0 aliphatic rings. The molecule has 1 N–H and O–H groups in total. The number of hydrogen-bond donors (Lipinski definition) is 1. The third-order valence-electron chi connectivity index (χ3n) is 4.40. The van der Waals surface area contributed by atoms with E-state index in [2.05, 4.69) is 20.4 Å². The van der Waals surface area contributed by atoms with E-state index in [1.807, 2.05) is 25.4 Å². The Hall–Kier alpha value is -3.03. The van der Waals surface area contributed by atoms with Crippen LogP contribution in [0.3, 0.4) is 0 Å². The summed E-state index contributed by atoms with van der Waals surface area (Å²) in [6.07, 6.45) is 5.51. The van der Waals surface area contributed by atoms with E-state index in [4.69, 9.17) is 32.7 Å². The molecule has 0 radical (unpaired) electrons. The number of hydrogen-bond acceptors (Lipinski definition) is 6. The Balaban J connectivity index is 1.75. The topological polar surface area (TPSA) is 74.1 Å². The Bertz CT molecular complexity index is 1180.